The molecule has 1 N–H and O–H groups in total. The van der Waals surface area contributed by atoms with Crippen molar-refractivity contribution in [2.75, 3.05) is 26.4 Å². The average molecular weight is 201 g/mol. The first-order valence-corrected chi connectivity index (χ1v) is 4.44. The number of aryl methyl sites for hydroxylation is 1. The second-order valence-corrected chi connectivity index (χ2v) is 2.77. The summed E-state index contributed by atoms with van der Waals surface area (Å²) in [7, 11) is 1.81. The maximum atomic E-state index is 8.42. The minimum atomic E-state index is 0.0458. The van der Waals surface area contributed by atoms with Gasteiger partial charge in [-0.2, -0.15) is 0 Å². The Morgan fingerprint density at radius 3 is 2.79 bits per heavy atom. The van der Waals surface area contributed by atoms with Crippen LogP contribution in [0, 0.1) is 0 Å². The summed E-state index contributed by atoms with van der Waals surface area (Å²) < 4.78 is 11.9. The Morgan fingerprint density at radius 1 is 1.36 bits per heavy atom. The molecule has 14 heavy (non-hydrogen) atoms. The van der Waals surface area contributed by atoms with Crippen LogP contribution in [0.15, 0.2) is 6.20 Å². The van der Waals surface area contributed by atoms with Gasteiger partial charge in [-0.05, 0) is 0 Å². The lowest BCUT2D eigenvalue weighted by Crippen LogP contribution is -2.07. The van der Waals surface area contributed by atoms with E-state index in [-0.39, 0.29) is 6.61 Å². The van der Waals surface area contributed by atoms with Crippen LogP contribution in [0.1, 0.15) is 5.69 Å². The van der Waals surface area contributed by atoms with Crippen LogP contribution in [0.25, 0.3) is 0 Å². The van der Waals surface area contributed by atoms with Crippen molar-refractivity contribution in [1.29, 1.82) is 0 Å². The molecule has 0 aliphatic rings. The molecule has 0 aromatic carbocycles. The molecule has 0 spiro atoms. The van der Waals surface area contributed by atoms with Crippen LogP contribution >= 0.6 is 0 Å². The molecule has 6 nitrogen and oxygen atoms in total. The quantitative estimate of drug-likeness (QED) is 0.593. The maximum Gasteiger partial charge on any atom is 0.108 e. The fourth-order valence-electron chi connectivity index (χ4n) is 0.923. The highest BCUT2D eigenvalue weighted by atomic mass is 16.5. The van der Waals surface area contributed by atoms with Crippen LogP contribution in [0.2, 0.25) is 0 Å². The third-order valence-corrected chi connectivity index (χ3v) is 1.51. The van der Waals surface area contributed by atoms with Gasteiger partial charge in [0.15, 0.2) is 0 Å². The largest absolute Gasteiger partial charge is 0.394 e. The number of rotatable bonds is 7. The van der Waals surface area contributed by atoms with E-state index in [1.165, 1.54) is 0 Å². The highest BCUT2D eigenvalue weighted by Crippen LogP contribution is 1.93. The van der Waals surface area contributed by atoms with E-state index in [1.54, 1.807) is 17.9 Å². The van der Waals surface area contributed by atoms with Crippen LogP contribution in [-0.4, -0.2) is 46.5 Å². The zero-order chi connectivity index (χ0) is 10.2. The van der Waals surface area contributed by atoms with E-state index < -0.39 is 0 Å². The van der Waals surface area contributed by atoms with Gasteiger partial charge < -0.3 is 14.6 Å². The van der Waals surface area contributed by atoms with Crippen molar-refractivity contribution in [3.05, 3.63) is 11.9 Å². The molecule has 0 bridgehead atoms. The first kappa shape index (κ1) is 11.1. The van der Waals surface area contributed by atoms with Crippen LogP contribution in [0.4, 0.5) is 0 Å². The van der Waals surface area contributed by atoms with Crippen molar-refractivity contribution >= 4 is 0 Å². The highest BCUT2D eigenvalue weighted by molar-refractivity contribution is 4.88. The second kappa shape index (κ2) is 6.47. The normalized spacial score (nSPS) is 10.7. The SMILES string of the molecule is Cn1cc(COCCOCCO)nn1. The predicted molar refractivity (Wildman–Crippen MR) is 48.6 cm³/mol. The van der Waals surface area contributed by atoms with Gasteiger partial charge in [0.05, 0.1) is 39.2 Å². The molecule has 1 aromatic rings. The van der Waals surface area contributed by atoms with E-state index in [0.29, 0.717) is 26.4 Å². The first-order valence-electron chi connectivity index (χ1n) is 4.44. The fourth-order valence-corrected chi connectivity index (χ4v) is 0.923. The first-order chi connectivity index (χ1) is 6.83. The molecule has 0 saturated heterocycles. The van der Waals surface area contributed by atoms with Crippen molar-refractivity contribution in [2.24, 2.45) is 7.05 Å². The number of aliphatic hydroxyl groups is 1. The van der Waals surface area contributed by atoms with E-state index in [9.17, 15) is 0 Å². The Bertz CT molecular complexity index is 252. The molecule has 0 radical (unpaired) electrons. The summed E-state index contributed by atoms with van der Waals surface area (Å²) in [6.07, 6.45) is 1.80. The standard InChI is InChI=1S/C8H15N3O3/c1-11-6-8(9-10-11)7-14-5-4-13-3-2-12/h6,12H,2-5,7H2,1H3. The summed E-state index contributed by atoms with van der Waals surface area (Å²) in [6, 6.07) is 0. The van der Waals surface area contributed by atoms with Gasteiger partial charge in [-0.15, -0.1) is 5.10 Å². The van der Waals surface area contributed by atoms with Gasteiger partial charge in [-0.3, -0.25) is 4.68 Å². The Balaban J connectivity index is 1.99. The molecule has 1 heterocycles. The van der Waals surface area contributed by atoms with Crippen LogP contribution in [-0.2, 0) is 23.1 Å². The lowest BCUT2D eigenvalue weighted by molar-refractivity contribution is 0.0265. The number of hydrogen-bond acceptors (Lipinski definition) is 5. The molecule has 0 saturated carbocycles. The topological polar surface area (TPSA) is 69.4 Å². The monoisotopic (exact) mass is 201 g/mol. The zero-order valence-electron chi connectivity index (χ0n) is 8.22. The van der Waals surface area contributed by atoms with E-state index in [2.05, 4.69) is 10.3 Å². The summed E-state index contributed by atoms with van der Waals surface area (Å²) in [4.78, 5) is 0. The Kier molecular flexibility index (Phi) is 5.13. The molecular weight excluding hydrogens is 186 g/mol. The lowest BCUT2D eigenvalue weighted by atomic mass is 10.5. The molecule has 1 rings (SSSR count). The maximum absolute atomic E-state index is 8.42. The van der Waals surface area contributed by atoms with Crippen LogP contribution in [0.5, 0.6) is 0 Å². The summed E-state index contributed by atoms with van der Waals surface area (Å²) in [6.45, 7) is 1.83. The van der Waals surface area contributed by atoms with Gasteiger partial charge in [-0.25, -0.2) is 0 Å². The number of aromatic nitrogens is 3. The minimum absolute atomic E-state index is 0.0458. The van der Waals surface area contributed by atoms with Crippen LogP contribution < -0.4 is 0 Å². The van der Waals surface area contributed by atoms with Crippen LogP contribution in [0.3, 0.4) is 0 Å². The van der Waals surface area contributed by atoms with Gasteiger partial charge >= 0.3 is 0 Å². The third kappa shape index (κ3) is 4.31. The molecule has 1 aromatic heterocycles. The van der Waals surface area contributed by atoms with Gasteiger partial charge in [0.1, 0.15) is 5.69 Å². The number of ether oxygens (including phenoxy) is 2. The lowest BCUT2D eigenvalue weighted by Gasteiger charge is -2.02. The molecule has 0 atom stereocenters. The Labute approximate surface area is 82.4 Å². The summed E-state index contributed by atoms with van der Waals surface area (Å²) in [5.41, 5.74) is 0.801. The number of hydrogen-bond donors (Lipinski definition) is 1. The highest BCUT2D eigenvalue weighted by Gasteiger charge is 1.97. The summed E-state index contributed by atoms with van der Waals surface area (Å²) >= 11 is 0. The zero-order valence-corrected chi connectivity index (χ0v) is 8.22. The average Bonchev–Trinajstić information content (AvgIpc) is 2.58. The van der Waals surface area contributed by atoms with Crippen molar-refractivity contribution in [3.8, 4) is 0 Å². The fraction of sp³-hybridized carbons (Fsp3) is 0.750. The van der Waals surface area contributed by atoms with Gasteiger partial charge in [-0.1, -0.05) is 5.21 Å². The number of nitrogens with zero attached hydrogens (tertiary/aromatic N) is 3. The summed E-state index contributed by atoms with van der Waals surface area (Å²) in [5.74, 6) is 0. The minimum Gasteiger partial charge on any atom is -0.394 e. The Hall–Kier alpha value is -0.980. The van der Waals surface area contributed by atoms with Gasteiger partial charge in [0.2, 0.25) is 0 Å². The molecule has 0 aliphatic heterocycles. The molecular formula is C8H15N3O3. The van der Waals surface area contributed by atoms with Crippen molar-refractivity contribution in [2.45, 2.75) is 6.61 Å². The Morgan fingerprint density at radius 2 is 2.14 bits per heavy atom. The number of aliphatic hydroxyl groups excluding tert-OH is 1. The molecule has 0 amide bonds. The second-order valence-electron chi connectivity index (χ2n) is 2.77. The van der Waals surface area contributed by atoms with Gasteiger partial charge in [0.25, 0.3) is 0 Å². The molecule has 0 unspecified atom stereocenters. The van der Waals surface area contributed by atoms with E-state index in [0.717, 1.165) is 5.69 Å². The van der Waals surface area contributed by atoms with E-state index in [1.807, 2.05) is 0 Å². The molecule has 0 fully saturated rings. The van der Waals surface area contributed by atoms with Crippen molar-refractivity contribution in [1.82, 2.24) is 15.0 Å². The smallest absolute Gasteiger partial charge is 0.108 e. The molecule has 80 valence electrons. The molecule has 0 aliphatic carbocycles. The van der Waals surface area contributed by atoms with E-state index in [4.69, 9.17) is 14.6 Å². The van der Waals surface area contributed by atoms with Crippen molar-refractivity contribution < 1.29 is 14.6 Å². The van der Waals surface area contributed by atoms with Gasteiger partial charge in [0, 0.05) is 7.05 Å². The third-order valence-electron chi connectivity index (χ3n) is 1.51. The molecule has 6 heteroatoms. The van der Waals surface area contributed by atoms with Crippen molar-refractivity contribution in [3.63, 3.8) is 0 Å². The summed E-state index contributed by atoms with van der Waals surface area (Å²) in [5, 5.41) is 16.0. The predicted octanol–water partition coefficient (Wildman–Crippen LogP) is -0.659. The van der Waals surface area contributed by atoms with E-state index >= 15 is 0 Å².